The normalized spacial score (nSPS) is 12.8. The van der Waals surface area contributed by atoms with Crippen molar-refractivity contribution in [1.29, 1.82) is 0 Å². The zero-order valence-corrected chi connectivity index (χ0v) is 11.7. The van der Waals surface area contributed by atoms with E-state index < -0.39 is 0 Å². The van der Waals surface area contributed by atoms with Gasteiger partial charge < -0.3 is 10.1 Å². The molecule has 1 unspecified atom stereocenters. The molecule has 0 saturated heterocycles. The Kier molecular flexibility index (Phi) is 5.49. The van der Waals surface area contributed by atoms with Crippen molar-refractivity contribution in [3.05, 3.63) is 29.3 Å². The molecule has 0 bridgehead atoms. The molecule has 0 fully saturated rings. The van der Waals surface area contributed by atoms with E-state index in [1.54, 1.807) is 0 Å². The summed E-state index contributed by atoms with van der Waals surface area (Å²) >= 11 is 0. The van der Waals surface area contributed by atoms with Gasteiger partial charge in [0.2, 0.25) is 0 Å². The molecule has 0 aliphatic carbocycles. The zero-order valence-electron chi connectivity index (χ0n) is 11.7. The molecule has 1 aromatic rings. The number of hydrogen-bond donors (Lipinski definition) is 1. The molecular formula is C15H25NO. The fourth-order valence-corrected chi connectivity index (χ4v) is 2.03. The highest BCUT2D eigenvalue weighted by Gasteiger charge is 2.06. The van der Waals surface area contributed by atoms with Gasteiger partial charge in [-0.15, -0.1) is 0 Å². The summed E-state index contributed by atoms with van der Waals surface area (Å²) in [4.78, 5) is 0. The molecule has 0 aromatic heterocycles. The standard InChI is InChI=1S/C15H25NO/c1-11(2)15-7-6-14(8-13(15)4)17-10-12(3)9-16-5/h6-8,11-12,16H,9-10H2,1-5H3. The van der Waals surface area contributed by atoms with E-state index in [9.17, 15) is 0 Å². The lowest BCUT2D eigenvalue weighted by Crippen LogP contribution is -2.21. The second kappa shape index (κ2) is 6.65. The van der Waals surface area contributed by atoms with Gasteiger partial charge in [0.05, 0.1) is 6.61 Å². The van der Waals surface area contributed by atoms with E-state index in [1.807, 2.05) is 7.05 Å². The van der Waals surface area contributed by atoms with Crippen LogP contribution in [0.25, 0.3) is 0 Å². The Balaban J connectivity index is 2.58. The number of aryl methyl sites for hydroxylation is 1. The molecule has 96 valence electrons. The van der Waals surface area contributed by atoms with Gasteiger partial charge in [-0.25, -0.2) is 0 Å². The van der Waals surface area contributed by atoms with Crippen LogP contribution in [0, 0.1) is 12.8 Å². The van der Waals surface area contributed by atoms with Gasteiger partial charge in [-0.3, -0.25) is 0 Å². The molecule has 17 heavy (non-hydrogen) atoms. The first-order chi connectivity index (χ1) is 8.04. The summed E-state index contributed by atoms with van der Waals surface area (Å²) in [7, 11) is 1.97. The van der Waals surface area contributed by atoms with Crippen LogP contribution in [0.2, 0.25) is 0 Å². The molecule has 2 heteroatoms. The van der Waals surface area contributed by atoms with Crippen molar-refractivity contribution in [2.75, 3.05) is 20.2 Å². The number of nitrogens with one attached hydrogen (secondary N) is 1. The van der Waals surface area contributed by atoms with Crippen molar-refractivity contribution >= 4 is 0 Å². The predicted molar refractivity (Wildman–Crippen MR) is 73.9 cm³/mol. The van der Waals surface area contributed by atoms with E-state index in [2.05, 4.69) is 51.2 Å². The van der Waals surface area contributed by atoms with Gasteiger partial charge >= 0.3 is 0 Å². The molecule has 0 spiro atoms. The van der Waals surface area contributed by atoms with Gasteiger partial charge in [-0.05, 0) is 43.1 Å². The summed E-state index contributed by atoms with van der Waals surface area (Å²) in [6.07, 6.45) is 0. The van der Waals surface area contributed by atoms with Crippen LogP contribution >= 0.6 is 0 Å². The molecule has 0 aliphatic heterocycles. The van der Waals surface area contributed by atoms with Gasteiger partial charge in [0.1, 0.15) is 5.75 Å². The second-order valence-electron chi connectivity index (χ2n) is 5.15. The van der Waals surface area contributed by atoms with Gasteiger partial charge in [-0.2, -0.15) is 0 Å². The van der Waals surface area contributed by atoms with Crippen molar-refractivity contribution in [3.8, 4) is 5.75 Å². The molecule has 0 heterocycles. The third-order valence-corrected chi connectivity index (χ3v) is 2.95. The fraction of sp³-hybridized carbons (Fsp3) is 0.600. The van der Waals surface area contributed by atoms with E-state index in [4.69, 9.17) is 4.74 Å². The second-order valence-corrected chi connectivity index (χ2v) is 5.15. The maximum Gasteiger partial charge on any atom is 0.119 e. The van der Waals surface area contributed by atoms with Crippen molar-refractivity contribution < 1.29 is 4.74 Å². The number of benzene rings is 1. The Morgan fingerprint density at radius 3 is 2.47 bits per heavy atom. The third-order valence-electron chi connectivity index (χ3n) is 2.95. The van der Waals surface area contributed by atoms with Crippen molar-refractivity contribution in [2.24, 2.45) is 5.92 Å². The predicted octanol–water partition coefficient (Wildman–Crippen LogP) is 3.35. The Hall–Kier alpha value is -1.02. The van der Waals surface area contributed by atoms with Crippen LogP contribution in [0.15, 0.2) is 18.2 Å². The lowest BCUT2D eigenvalue weighted by atomic mass is 9.98. The van der Waals surface area contributed by atoms with Crippen LogP contribution in [0.4, 0.5) is 0 Å². The fourth-order valence-electron chi connectivity index (χ4n) is 2.03. The van der Waals surface area contributed by atoms with E-state index in [1.165, 1.54) is 11.1 Å². The average molecular weight is 235 g/mol. The summed E-state index contributed by atoms with van der Waals surface area (Å²) < 4.78 is 5.80. The monoisotopic (exact) mass is 235 g/mol. The first-order valence-corrected chi connectivity index (χ1v) is 6.42. The van der Waals surface area contributed by atoms with Crippen molar-refractivity contribution in [2.45, 2.75) is 33.6 Å². The topological polar surface area (TPSA) is 21.3 Å². The van der Waals surface area contributed by atoms with E-state index >= 15 is 0 Å². The average Bonchev–Trinajstić information content (AvgIpc) is 2.26. The molecule has 2 nitrogen and oxygen atoms in total. The molecule has 0 saturated carbocycles. The first-order valence-electron chi connectivity index (χ1n) is 6.42. The minimum Gasteiger partial charge on any atom is -0.493 e. The quantitative estimate of drug-likeness (QED) is 0.816. The van der Waals surface area contributed by atoms with Crippen LogP contribution in [0.5, 0.6) is 5.75 Å². The summed E-state index contributed by atoms with van der Waals surface area (Å²) in [5.41, 5.74) is 2.72. The van der Waals surface area contributed by atoms with Crippen LogP contribution in [-0.2, 0) is 0 Å². The molecule has 1 atom stereocenters. The minimum absolute atomic E-state index is 0.532. The van der Waals surface area contributed by atoms with Crippen LogP contribution in [0.1, 0.15) is 37.8 Å². The van der Waals surface area contributed by atoms with Crippen LogP contribution in [-0.4, -0.2) is 20.2 Å². The van der Waals surface area contributed by atoms with Crippen LogP contribution in [0.3, 0.4) is 0 Å². The number of rotatable bonds is 6. The smallest absolute Gasteiger partial charge is 0.119 e. The molecule has 1 aromatic carbocycles. The molecule has 1 rings (SSSR count). The summed E-state index contributed by atoms with van der Waals surface area (Å²) in [6.45, 7) is 10.5. The van der Waals surface area contributed by atoms with E-state index in [-0.39, 0.29) is 0 Å². The van der Waals surface area contributed by atoms with E-state index in [0.717, 1.165) is 18.9 Å². The maximum absolute atomic E-state index is 5.80. The highest BCUT2D eigenvalue weighted by Crippen LogP contribution is 2.23. The molecule has 0 amide bonds. The summed E-state index contributed by atoms with van der Waals surface area (Å²) in [6, 6.07) is 6.40. The molecule has 0 aliphatic rings. The third kappa shape index (κ3) is 4.39. The lowest BCUT2D eigenvalue weighted by molar-refractivity contribution is 0.258. The summed E-state index contributed by atoms with van der Waals surface area (Å²) in [5, 5.41) is 3.16. The van der Waals surface area contributed by atoms with Gasteiger partial charge in [0, 0.05) is 12.5 Å². The lowest BCUT2D eigenvalue weighted by Gasteiger charge is -2.15. The van der Waals surface area contributed by atoms with Crippen LogP contribution < -0.4 is 10.1 Å². The van der Waals surface area contributed by atoms with Crippen molar-refractivity contribution in [3.63, 3.8) is 0 Å². The highest BCUT2D eigenvalue weighted by atomic mass is 16.5. The largest absolute Gasteiger partial charge is 0.493 e. The maximum atomic E-state index is 5.80. The first kappa shape index (κ1) is 14.0. The summed E-state index contributed by atoms with van der Waals surface area (Å²) in [5.74, 6) is 2.09. The van der Waals surface area contributed by atoms with Gasteiger partial charge in [0.25, 0.3) is 0 Å². The minimum atomic E-state index is 0.532. The van der Waals surface area contributed by atoms with E-state index in [0.29, 0.717) is 11.8 Å². The Morgan fingerprint density at radius 2 is 1.94 bits per heavy atom. The highest BCUT2D eigenvalue weighted by molar-refractivity contribution is 5.36. The SMILES string of the molecule is CNCC(C)COc1ccc(C(C)C)c(C)c1. The van der Waals surface area contributed by atoms with Gasteiger partial charge in [-0.1, -0.05) is 26.8 Å². The molecule has 0 radical (unpaired) electrons. The Labute approximate surface area is 105 Å². The Morgan fingerprint density at radius 1 is 1.24 bits per heavy atom. The molecular weight excluding hydrogens is 210 g/mol. The Bertz CT molecular complexity index is 347. The number of hydrogen-bond acceptors (Lipinski definition) is 2. The number of ether oxygens (including phenoxy) is 1. The zero-order chi connectivity index (χ0) is 12.8. The molecule has 1 N–H and O–H groups in total. The van der Waals surface area contributed by atoms with Crippen molar-refractivity contribution in [1.82, 2.24) is 5.32 Å². The van der Waals surface area contributed by atoms with Gasteiger partial charge in [0.15, 0.2) is 0 Å².